The van der Waals surface area contributed by atoms with Crippen LogP contribution in [-0.2, 0) is 4.79 Å². The quantitative estimate of drug-likeness (QED) is 0.886. The van der Waals surface area contributed by atoms with Crippen molar-refractivity contribution < 1.29 is 28.5 Å². The number of halogens is 1. The summed E-state index contributed by atoms with van der Waals surface area (Å²) in [5, 5.41) is 9.33. The highest BCUT2D eigenvalue weighted by Gasteiger charge is 2.20. The average Bonchev–Trinajstić information content (AvgIpc) is 2.98. The van der Waals surface area contributed by atoms with E-state index in [2.05, 4.69) is 0 Å². The maximum atomic E-state index is 13.3. The third-order valence-electron chi connectivity index (χ3n) is 3.57. The van der Waals surface area contributed by atoms with Crippen molar-refractivity contribution in [2.45, 2.75) is 12.3 Å². The second-order valence-corrected chi connectivity index (χ2v) is 5.10. The Labute approximate surface area is 132 Å². The smallest absolute Gasteiger partial charge is 0.311 e. The summed E-state index contributed by atoms with van der Waals surface area (Å²) in [6.07, 6.45) is 0.229. The van der Waals surface area contributed by atoms with E-state index in [1.54, 1.807) is 24.3 Å². The van der Waals surface area contributed by atoms with E-state index in [9.17, 15) is 14.3 Å². The van der Waals surface area contributed by atoms with E-state index < -0.39 is 17.7 Å². The third kappa shape index (κ3) is 3.53. The molecule has 2 aromatic rings. The van der Waals surface area contributed by atoms with Crippen molar-refractivity contribution in [3.05, 3.63) is 53.8 Å². The lowest BCUT2D eigenvalue weighted by atomic mass is 9.96. The Morgan fingerprint density at radius 2 is 2.04 bits per heavy atom. The van der Waals surface area contributed by atoms with Crippen molar-refractivity contribution in [3.8, 4) is 17.2 Å². The van der Waals surface area contributed by atoms with Crippen LogP contribution in [0.15, 0.2) is 42.5 Å². The van der Waals surface area contributed by atoms with Gasteiger partial charge in [0.05, 0.1) is 12.5 Å². The van der Waals surface area contributed by atoms with Crippen LogP contribution < -0.4 is 14.2 Å². The number of hydrogen-bond acceptors (Lipinski definition) is 4. The predicted molar refractivity (Wildman–Crippen MR) is 79.5 cm³/mol. The second-order valence-electron chi connectivity index (χ2n) is 5.10. The average molecular weight is 318 g/mol. The van der Waals surface area contributed by atoms with Gasteiger partial charge in [-0.3, -0.25) is 4.79 Å². The maximum absolute atomic E-state index is 13.3. The molecular formula is C17H15FO5. The van der Waals surface area contributed by atoms with Gasteiger partial charge in [-0.25, -0.2) is 4.39 Å². The molecule has 120 valence electrons. The fourth-order valence-electron chi connectivity index (χ4n) is 2.42. The molecule has 6 heteroatoms. The Morgan fingerprint density at radius 1 is 1.22 bits per heavy atom. The van der Waals surface area contributed by atoms with E-state index in [4.69, 9.17) is 14.2 Å². The van der Waals surface area contributed by atoms with Gasteiger partial charge < -0.3 is 19.3 Å². The molecule has 23 heavy (non-hydrogen) atoms. The zero-order valence-corrected chi connectivity index (χ0v) is 12.2. The first-order chi connectivity index (χ1) is 11.1. The number of fused-ring (bicyclic) bond motifs is 1. The molecule has 0 fully saturated rings. The number of carboxylic acids is 1. The Balaban J connectivity index is 1.62. The Morgan fingerprint density at radius 3 is 2.83 bits per heavy atom. The van der Waals surface area contributed by atoms with Crippen molar-refractivity contribution in [1.29, 1.82) is 0 Å². The summed E-state index contributed by atoms with van der Waals surface area (Å²) in [6, 6.07) is 10.8. The number of carbonyl (C=O) groups is 1. The fourth-order valence-corrected chi connectivity index (χ4v) is 2.42. The van der Waals surface area contributed by atoms with E-state index in [0.29, 0.717) is 22.8 Å². The molecule has 1 unspecified atom stereocenters. The summed E-state index contributed by atoms with van der Waals surface area (Å²) in [5.41, 5.74) is 0.423. The molecule has 0 bridgehead atoms. The Kier molecular flexibility index (Phi) is 4.32. The van der Waals surface area contributed by atoms with Gasteiger partial charge in [0.15, 0.2) is 11.5 Å². The van der Waals surface area contributed by atoms with Crippen LogP contribution in [-0.4, -0.2) is 24.5 Å². The molecule has 0 saturated heterocycles. The Hall–Kier alpha value is -2.76. The van der Waals surface area contributed by atoms with Crippen molar-refractivity contribution >= 4 is 5.97 Å². The minimum atomic E-state index is -1.01. The van der Waals surface area contributed by atoms with Crippen molar-refractivity contribution in [3.63, 3.8) is 0 Å². The molecule has 3 rings (SSSR count). The van der Waals surface area contributed by atoms with Gasteiger partial charge >= 0.3 is 5.97 Å². The lowest BCUT2D eigenvalue weighted by Crippen LogP contribution is -2.15. The van der Waals surface area contributed by atoms with Crippen LogP contribution in [0.2, 0.25) is 0 Å². The zero-order valence-electron chi connectivity index (χ0n) is 12.2. The van der Waals surface area contributed by atoms with E-state index in [0.717, 1.165) is 0 Å². The van der Waals surface area contributed by atoms with Crippen LogP contribution in [0.5, 0.6) is 17.2 Å². The molecule has 1 N–H and O–H groups in total. The van der Waals surface area contributed by atoms with Crippen molar-refractivity contribution in [2.24, 2.45) is 0 Å². The van der Waals surface area contributed by atoms with E-state index in [1.807, 2.05) is 0 Å². The number of aliphatic carboxylic acids is 1. The SMILES string of the molecule is O=C(O)C(CCOc1ccc2c(c1)OCO2)c1cccc(F)c1. The number of ether oxygens (including phenoxy) is 3. The largest absolute Gasteiger partial charge is 0.493 e. The standard InChI is InChI=1S/C17H15FO5/c18-12-3-1-2-11(8-12)14(17(19)20)6-7-21-13-4-5-15-16(9-13)23-10-22-15/h1-5,8-9,14H,6-7,10H2,(H,19,20). The summed E-state index contributed by atoms with van der Waals surface area (Å²) >= 11 is 0. The van der Waals surface area contributed by atoms with E-state index in [-0.39, 0.29) is 19.8 Å². The number of benzene rings is 2. The molecule has 0 spiro atoms. The van der Waals surface area contributed by atoms with Crippen LogP contribution in [0.4, 0.5) is 4.39 Å². The second kappa shape index (κ2) is 6.56. The van der Waals surface area contributed by atoms with E-state index in [1.165, 1.54) is 18.2 Å². The predicted octanol–water partition coefficient (Wildman–Crippen LogP) is 3.19. The topological polar surface area (TPSA) is 65.0 Å². The molecule has 0 aliphatic carbocycles. The van der Waals surface area contributed by atoms with Crippen LogP contribution in [0.1, 0.15) is 17.9 Å². The van der Waals surface area contributed by atoms with Gasteiger partial charge in [0, 0.05) is 6.07 Å². The molecule has 5 nitrogen and oxygen atoms in total. The summed E-state index contributed by atoms with van der Waals surface area (Å²) in [4.78, 5) is 11.4. The third-order valence-corrected chi connectivity index (χ3v) is 3.57. The first-order valence-corrected chi connectivity index (χ1v) is 7.14. The maximum Gasteiger partial charge on any atom is 0.311 e. The van der Waals surface area contributed by atoms with Gasteiger partial charge in [-0.1, -0.05) is 12.1 Å². The van der Waals surface area contributed by atoms with Crippen LogP contribution >= 0.6 is 0 Å². The Bertz CT molecular complexity index is 716. The van der Waals surface area contributed by atoms with Crippen molar-refractivity contribution in [2.75, 3.05) is 13.4 Å². The van der Waals surface area contributed by atoms with Gasteiger partial charge in [0.1, 0.15) is 11.6 Å². The highest BCUT2D eigenvalue weighted by atomic mass is 19.1. The molecule has 1 aliphatic heterocycles. The van der Waals surface area contributed by atoms with Gasteiger partial charge in [0.25, 0.3) is 0 Å². The molecule has 0 saturated carbocycles. The molecular weight excluding hydrogens is 303 g/mol. The van der Waals surface area contributed by atoms with Gasteiger partial charge in [-0.05, 0) is 36.2 Å². The minimum Gasteiger partial charge on any atom is -0.493 e. The molecule has 0 amide bonds. The fraction of sp³-hybridized carbons (Fsp3) is 0.235. The molecule has 0 radical (unpaired) electrons. The van der Waals surface area contributed by atoms with Crippen molar-refractivity contribution in [1.82, 2.24) is 0 Å². The summed E-state index contributed by atoms with van der Waals surface area (Å²) in [5.74, 6) is -0.462. The monoisotopic (exact) mass is 318 g/mol. The number of rotatable bonds is 6. The van der Waals surface area contributed by atoms with Gasteiger partial charge in [-0.15, -0.1) is 0 Å². The number of hydrogen-bond donors (Lipinski definition) is 1. The van der Waals surface area contributed by atoms with Crippen LogP contribution in [0, 0.1) is 5.82 Å². The zero-order chi connectivity index (χ0) is 16.2. The molecule has 1 heterocycles. The van der Waals surface area contributed by atoms with Gasteiger partial charge in [0.2, 0.25) is 6.79 Å². The first-order valence-electron chi connectivity index (χ1n) is 7.14. The molecule has 1 aliphatic rings. The summed E-state index contributed by atoms with van der Waals surface area (Å²) in [7, 11) is 0. The van der Waals surface area contributed by atoms with Crippen LogP contribution in [0.25, 0.3) is 0 Å². The molecule has 1 atom stereocenters. The lowest BCUT2D eigenvalue weighted by Gasteiger charge is -2.14. The molecule has 2 aromatic carbocycles. The normalized spacial score (nSPS) is 13.6. The summed E-state index contributed by atoms with van der Waals surface area (Å²) in [6.45, 7) is 0.368. The minimum absolute atomic E-state index is 0.180. The van der Waals surface area contributed by atoms with Crippen LogP contribution in [0.3, 0.4) is 0 Å². The van der Waals surface area contributed by atoms with Gasteiger partial charge in [-0.2, -0.15) is 0 Å². The van der Waals surface area contributed by atoms with E-state index >= 15 is 0 Å². The highest BCUT2D eigenvalue weighted by molar-refractivity contribution is 5.76. The highest BCUT2D eigenvalue weighted by Crippen LogP contribution is 2.35. The lowest BCUT2D eigenvalue weighted by molar-refractivity contribution is -0.139. The molecule has 0 aromatic heterocycles. The first kappa shape index (κ1) is 15.1. The summed E-state index contributed by atoms with van der Waals surface area (Å²) < 4.78 is 29.3. The number of carboxylic acid groups (broad SMARTS) is 1.